The van der Waals surface area contributed by atoms with E-state index in [1.165, 1.54) is 26.4 Å². The molecule has 0 saturated heterocycles. The number of halogens is 1. The first-order chi connectivity index (χ1) is 10.2. The predicted molar refractivity (Wildman–Crippen MR) is 85.4 cm³/mol. The van der Waals surface area contributed by atoms with E-state index in [9.17, 15) is 4.39 Å². The van der Waals surface area contributed by atoms with Crippen LogP contribution in [0.4, 0.5) is 4.39 Å². The molecule has 1 aromatic carbocycles. The molecule has 0 amide bonds. The summed E-state index contributed by atoms with van der Waals surface area (Å²) in [5.41, 5.74) is 0.843. The lowest BCUT2D eigenvalue weighted by molar-refractivity contribution is 0.222. The van der Waals surface area contributed by atoms with Crippen molar-refractivity contribution >= 4 is 0 Å². The second-order valence-corrected chi connectivity index (χ2v) is 6.13. The van der Waals surface area contributed by atoms with Gasteiger partial charge < -0.3 is 10.1 Å². The van der Waals surface area contributed by atoms with E-state index in [4.69, 9.17) is 4.74 Å². The normalized spacial score (nSPS) is 25.8. The summed E-state index contributed by atoms with van der Waals surface area (Å²) in [5.74, 6) is 1.75. The Labute approximate surface area is 128 Å². The van der Waals surface area contributed by atoms with Crippen LogP contribution in [-0.4, -0.2) is 20.2 Å². The Balaban J connectivity index is 2.26. The Bertz CT molecular complexity index is 449. The summed E-state index contributed by atoms with van der Waals surface area (Å²) in [6.45, 7) is 6.32. The van der Waals surface area contributed by atoms with E-state index in [-0.39, 0.29) is 5.82 Å². The van der Waals surface area contributed by atoms with Gasteiger partial charge in [-0.1, -0.05) is 38.8 Å². The molecule has 0 heterocycles. The standard InChI is InChI=1S/C18H28FNO/c1-4-13-9-10-14(12-20-5-2)16(11-13)15-7-6-8-17(21-3)18(15)19/h6-8,13-14,16,20H,4-5,9-12H2,1-3H3. The van der Waals surface area contributed by atoms with Crippen molar-refractivity contribution in [1.29, 1.82) is 0 Å². The minimum atomic E-state index is -0.164. The van der Waals surface area contributed by atoms with E-state index in [1.54, 1.807) is 6.07 Å². The van der Waals surface area contributed by atoms with Gasteiger partial charge in [0.15, 0.2) is 11.6 Å². The van der Waals surface area contributed by atoms with E-state index >= 15 is 0 Å². The van der Waals surface area contributed by atoms with Crippen molar-refractivity contribution in [3.8, 4) is 5.75 Å². The van der Waals surface area contributed by atoms with Crippen molar-refractivity contribution in [3.63, 3.8) is 0 Å². The zero-order chi connectivity index (χ0) is 15.2. The highest BCUT2D eigenvalue weighted by atomic mass is 19.1. The third kappa shape index (κ3) is 3.76. The van der Waals surface area contributed by atoms with Gasteiger partial charge in [0.2, 0.25) is 0 Å². The van der Waals surface area contributed by atoms with Gasteiger partial charge in [0.05, 0.1) is 7.11 Å². The van der Waals surface area contributed by atoms with Crippen molar-refractivity contribution < 1.29 is 9.13 Å². The van der Waals surface area contributed by atoms with Gasteiger partial charge in [0, 0.05) is 0 Å². The van der Waals surface area contributed by atoms with Gasteiger partial charge in [-0.2, -0.15) is 0 Å². The number of ether oxygens (including phenoxy) is 1. The first kappa shape index (κ1) is 16.3. The van der Waals surface area contributed by atoms with Crippen LogP contribution in [-0.2, 0) is 0 Å². The van der Waals surface area contributed by atoms with E-state index < -0.39 is 0 Å². The van der Waals surface area contributed by atoms with Crippen LogP contribution in [0.25, 0.3) is 0 Å². The number of hydrogen-bond donors (Lipinski definition) is 1. The summed E-state index contributed by atoms with van der Waals surface area (Å²) in [6.07, 6.45) is 4.74. The molecule has 3 atom stereocenters. The monoisotopic (exact) mass is 293 g/mol. The molecule has 1 fully saturated rings. The van der Waals surface area contributed by atoms with Gasteiger partial charge in [0.25, 0.3) is 0 Å². The highest BCUT2D eigenvalue weighted by molar-refractivity contribution is 5.34. The van der Waals surface area contributed by atoms with Crippen molar-refractivity contribution in [2.24, 2.45) is 11.8 Å². The number of methoxy groups -OCH3 is 1. The third-order valence-corrected chi connectivity index (χ3v) is 4.95. The largest absolute Gasteiger partial charge is 0.494 e. The first-order valence-corrected chi connectivity index (χ1v) is 8.24. The molecule has 1 aromatic rings. The number of hydrogen-bond acceptors (Lipinski definition) is 2. The van der Waals surface area contributed by atoms with Crippen LogP contribution in [0.1, 0.15) is 51.0 Å². The fourth-order valence-corrected chi connectivity index (χ4v) is 3.62. The zero-order valence-corrected chi connectivity index (χ0v) is 13.5. The van der Waals surface area contributed by atoms with E-state index in [2.05, 4.69) is 19.2 Å². The molecular formula is C18H28FNO. The summed E-state index contributed by atoms with van der Waals surface area (Å²) in [7, 11) is 1.54. The molecule has 0 aliphatic heterocycles. The number of rotatable bonds is 6. The SMILES string of the molecule is CCNCC1CCC(CC)CC1c1cccc(OC)c1F. The van der Waals surface area contributed by atoms with Gasteiger partial charge in [-0.25, -0.2) is 4.39 Å². The van der Waals surface area contributed by atoms with Crippen LogP contribution in [0.3, 0.4) is 0 Å². The van der Waals surface area contributed by atoms with Gasteiger partial charge in [-0.15, -0.1) is 0 Å². The maximum atomic E-state index is 14.6. The van der Waals surface area contributed by atoms with E-state index in [0.29, 0.717) is 17.6 Å². The van der Waals surface area contributed by atoms with Crippen LogP contribution in [0.2, 0.25) is 0 Å². The molecule has 21 heavy (non-hydrogen) atoms. The molecule has 1 aliphatic carbocycles. The van der Waals surface area contributed by atoms with Crippen LogP contribution < -0.4 is 10.1 Å². The highest BCUT2D eigenvalue weighted by Crippen LogP contribution is 2.43. The van der Waals surface area contributed by atoms with Crippen molar-refractivity contribution in [3.05, 3.63) is 29.6 Å². The lowest BCUT2D eigenvalue weighted by atomic mass is 9.70. The Morgan fingerprint density at radius 2 is 2.10 bits per heavy atom. The molecule has 118 valence electrons. The van der Waals surface area contributed by atoms with E-state index in [0.717, 1.165) is 31.0 Å². The molecule has 0 spiro atoms. The average Bonchev–Trinajstić information content (AvgIpc) is 2.53. The summed E-state index contributed by atoms with van der Waals surface area (Å²) in [4.78, 5) is 0. The fourth-order valence-electron chi connectivity index (χ4n) is 3.62. The van der Waals surface area contributed by atoms with E-state index in [1.807, 2.05) is 12.1 Å². The summed E-state index contributed by atoms with van der Waals surface area (Å²) < 4.78 is 19.8. The van der Waals surface area contributed by atoms with Crippen LogP contribution in [0.15, 0.2) is 18.2 Å². The second-order valence-electron chi connectivity index (χ2n) is 6.13. The lowest BCUT2D eigenvalue weighted by Gasteiger charge is -2.36. The Hall–Kier alpha value is -1.09. The molecule has 2 rings (SSSR count). The molecule has 1 saturated carbocycles. The Morgan fingerprint density at radius 1 is 1.29 bits per heavy atom. The second kappa shape index (κ2) is 7.79. The van der Waals surface area contributed by atoms with Gasteiger partial charge in [0.1, 0.15) is 0 Å². The molecule has 0 bridgehead atoms. The van der Waals surface area contributed by atoms with Crippen molar-refractivity contribution in [2.45, 2.75) is 45.4 Å². The maximum Gasteiger partial charge on any atom is 0.168 e. The van der Waals surface area contributed by atoms with Gasteiger partial charge in [-0.05, 0) is 55.3 Å². The predicted octanol–water partition coefficient (Wildman–Crippen LogP) is 4.35. The highest BCUT2D eigenvalue weighted by Gasteiger charge is 2.32. The Morgan fingerprint density at radius 3 is 2.76 bits per heavy atom. The molecule has 1 N–H and O–H groups in total. The molecular weight excluding hydrogens is 265 g/mol. The summed E-state index contributed by atoms with van der Waals surface area (Å²) >= 11 is 0. The summed E-state index contributed by atoms with van der Waals surface area (Å²) in [6, 6.07) is 5.56. The van der Waals surface area contributed by atoms with Gasteiger partial charge in [-0.3, -0.25) is 0 Å². The van der Waals surface area contributed by atoms with Crippen LogP contribution >= 0.6 is 0 Å². The smallest absolute Gasteiger partial charge is 0.168 e. The first-order valence-electron chi connectivity index (χ1n) is 8.24. The maximum absolute atomic E-state index is 14.6. The topological polar surface area (TPSA) is 21.3 Å². The molecule has 1 aliphatic rings. The van der Waals surface area contributed by atoms with Gasteiger partial charge >= 0.3 is 0 Å². The number of benzene rings is 1. The zero-order valence-electron chi connectivity index (χ0n) is 13.5. The number of nitrogens with one attached hydrogen (secondary N) is 1. The molecule has 3 unspecified atom stereocenters. The quantitative estimate of drug-likeness (QED) is 0.841. The molecule has 0 aromatic heterocycles. The third-order valence-electron chi connectivity index (χ3n) is 4.95. The molecule has 2 nitrogen and oxygen atoms in total. The van der Waals surface area contributed by atoms with Crippen LogP contribution in [0.5, 0.6) is 5.75 Å². The fraction of sp³-hybridized carbons (Fsp3) is 0.667. The summed E-state index contributed by atoms with van der Waals surface area (Å²) in [5, 5.41) is 3.44. The Kier molecular flexibility index (Phi) is 6.04. The van der Waals surface area contributed by atoms with Crippen molar-refractivity contribution in [2.75, 3.05) is 20.2 Å². The minimum absolute atomic E-state index is 0.164. The van der Waals surface area contributed by atoms with Crippen LogP contribution in [0, 0.1) is 17.7 Å². The lowest BCUT2D eigenvalue weighted by Crippen LogP contribution is -2.32. The average molecular weight is 293 g/mol. The molecule has 0 radical (unpaired) electrons. The minimum Gasteiger partial charge on any atom is -0.494 e. The molecule has 3 heteroatoms. The van der Waals surface area contributed by atoms with Crippen molar-refractivity contribution in [1.82, 2.24) is 5.32 Å².